The highest BCUT2D eigenvalue weighted by Gasteiger charge is 2.31. The van der Waals surface area contributed by atoms with Crippen molar-refractivity contribution in [1.29, 1.82) is 0 Å². The maximum absolute atomic E-state index is 12.3. The van der Waals surface area contributed by atoms with Crippen LogP contribution in [-0.4, -0.2) is 57.2 Å². The van der Waals surface area contributed by atoms with E-state index in [4.69, 9.17) is 0 Å². The number of hydrogen-bond donors (Lipinski definition) is 2. The maximum Gasteiger partial charge on any atom is 0.234 e. The summed E-state index contributed by atoms with van der Waals surface area (Å²) >= 11 is 0. The highest BCUT2D eigenvalue weighted by atomic mass is 32.2. The molecule has 2 rings (SSSR count). The Balaban J connectivity index is 1.77. The smallest absolute Gasteiger partial charge is 0.234 e. The van der Waals surface area contributed by atoms with Crippen molar-refractivity contribution in [3.8, 4) is 0 Å². The van der Waals surface area contributed by atoms with Crippen molar-refractivity contribution in [2.45, 2.75) is 57.2 Å². The number of piperidine rings is 1. The molecule has 6 nitrogen and oxygen atoms in total. The quantitative estimate of drug-likeness (QED) is 0.777. The zero-order chi connectivity index (χ0) is 17.0. The number of nitrogens with one attached hydrogen (secondary N) is 2. The van der Waals surface area contributed by atoms with E-state index in [2.05, 4.69) is 28.8 Å². The Labute approximate surface area is 140 Å². The third-order valence-electron chi connectivity index (χ3n) is 5.68. The maximum atomic E-state index is 12.3. The molecule has 0 aromatic rings. The Kier molecular flexibility index (Phi) is 6.45. The molecular formula is C16H31N3O3S. The van der Waals surface area contributed by atoms with E-state index in [-0.39, 0.29) is 17.2 Å². The minimum atomic E-state index is -3.19. The third-order valence-corrected chi connectivity index (χ3v) is 7.60. The standard InChI is InChI=1S/C16H31N3O3S/c1-12-5-4-6-15(13(12)2)18-16(20)11-19-9-7-14(8-10-19)23(21,22)17-3/h12-15,17H,4-11H2,1-3H3,(H,18,20)/t12-,13-,15+/m0/s1. The molecule has 0 spiro atoms. The normalized spacial score (nSPS) is 31.0. The Bertz CT molecular complexity index is 501. The van der Waals surface area contributed by atoms with E-state index in [0.717, 1.165) is 6.42 Å². The van der Waals surface area contributed by atoms with E-state index in [1.54, 1.807) is 0 Å². The minimum absolute atomic E-state index is 0.0749. The van der Waals surface area contributed by atoms with Gasteiger partial charge < -0.3 is 5.32 Å². The molecule has 1 aliphatic carbocycles. The second-order valence-corrected chi connectivity index (χ2v) is 9.33. The summed E-state index contributed by atoms with van der Waals surface area (Å²) in [4.78, 5) is 14.3. The predicted molar refractivity (Wildman–Crippen MR) is 91.6 cm³/mol. The lowest BCUT2D eigenvalue weighted by Gasteiger charge is -2.36. The van der Waals surface area contributed by atoms with Crippen molar-refractivity contribution in [1.82, 2.24) is 14.9 Å². The second-order valence-electron chi connectivity index (χ2n) is 7.17. The summed E-state index contributed by atoms with van der Waals surface area (Å²) in [6.45, 7) is 6.19. The lowest BCUT2D eigenvalue weighted by molar-refractivity contribution is -0.123. The Morgan fingerprint density at radius 1 is 1.13 bits per heavy atom. The highest BCUT2D eigenvalue weighted by molar-refractivity contribution is 7.90. The van der Waals surface area contributed by atoms with Crippen LogP contribution in [0.5, 0.6) is 0 Å². The molecule has 0 bridgehead atoms. The fraction of sp³-hybridized carbons (Fsp3) is 0.938. The van der Waals surface area contributed by atoms with Crippen molar-refractivity contribution in [3.63, 3.8) is 0 Å². The summed E-state index contributed by atoms with van der Waals surface area (Å²) in [5, 5.41) is 2.86. The first kappa shape index (κ1) is 18.7. The van der Waals surface area contributed by atoms with Gasteiger partial charge in [0.2, 0.25) is 15.9 Å². The van der Waals surface area contributed by atoms with Crippen LogP contribution in [0, 0.1) is 11.8 Å². The number of carbonyl (C=O) groups is 1. The van der Waals surface area contributed by atoms with Crippen LogP contribution in [0.1, 0.15) is 46.0 Å². The number of hydrogen-bond acceptors (Lipinski definition) is 4. The van der Waals surface area contributed by atoms with Crippen LogP contribution in [0.3, 0.4) is 0 Å². The van der Waals surface area contributed by atoms with E-state index in [0.29, 0.717) is 44.3 Å². The van der Waals surface area contributed by atoms with E-state index < -0.39 is 10.0 Å². The largest absolute Gasteiger partial charge is 0.352 e. The molecule has 1 aliphatic heterocycles. The zero-order valence-corrected chi connectivity index (χ0v) is 15.4. The van der Waals surface area contributed by atoms with Gasteiger partial charge in [0.15, 0.2) is 0 Å². The fourth-order valence-corrected chi connectivity index (χ4v) is 4.95. The van der Waals surface area contributed by atoms with Gasteiger partial charge in [-0.3, -0.25) is 9.69 Å². The van der Waals surface area contributed by atoms with Gasteiger partial charge in [0.25, 0.3) is 0 Å². The van der Waals surface area contributed by atoms with E-state index in [1.165, 1.54) is 19.9 Å². The molecule has 2 N–H and O–H groups in total. The first-order valence-corrected chi connectivity index (χ1v) is 10.3. The fourth-order valence-electron chi connectivity index (χ4n) is 3.79. The Morgan fingerprint density at radius 3 is 2.39 bits per heavy atom. The van der Waals surface area contributed by atoms with Crippen molar-refractivity contribution >= 4 is 15.9 Å². The molecule has 134 valence electrons. The van der Waals surface area contributed by atoms with Gasteiger partial charge in [-0.1, -0.05) is 26.7 Å². The summed E-state index contributed by atoms with van der Waals surface area (Å²) < 4.78 is 26.0. The first-order chi connectivity index (χ1) is 10.8. The summed E-state index contributed by atoms with van der Waals surface area (Å²) in [7, 11) is -1.73. The van der Waals surface area contributed by atoms with Crippen LogP contribution in [0.2, 0.25) is 0 Å². The van der Waals surface area contributed by atoms with Crippen LogP contribution in [0.4, 0.5) is 0 Å². The summed E-state index contributed by atoms with van der Waals surface area (Å²) in [6.07, 6.45) is 4.69. The molecule has 3 atom stereocenters. The van der Waals surface area contributed by atoms with Gasteiger partial charge in [0.1, 0.15) is 0 Å². The molecule has 1 saturated carbocycles. The van der Waals surface area contributed by atoms with E-state index in [1.807, 2.05) is 0 Å². The van der Waals surface area contributed by atoms with Crippen LogP contribution < -0.4 is 10.0 Å². The molecule has 0 radical (unpaired) electrons. The molecule has 0 unspecified atom stereocenters. The zero-order valence-electron chi connectivity index (χ0n) is 14.5. The van der Waals surface area contributed by atoms with Crippen LogP contribution in [0.15, 0.2) is 0 Å². The van der Waals surface area contributed by atoms with Gasteiger partial charge in [0.05, 0.1) is 11.8 Å². The third kappa shape index (κ3) is 4.90. The topological polar surface area (TPSA) is 78.5 Å². The SMILES string of the molecule is CNS(=O)(=O)C1CCN(CC(=O)N[C@@H]2CCC[C@H](C)[C@@H]2C)CC1. The molecular weight excluding hydrogens is 314 g/mol. The second kappa shape index (κ2) is 7.94. The van der Waals surface area contributed by atoms with Crippen molar-refractivity contribution in [2.75, 3.05) is 26.7 Å². The molecule has 7 heteroatoms. The number of sulfonamides is 1. The number of amides is 1. The summed E-state index contributed by atoms with van der Waals surface area (Å²) in [5.74, 6) is 1.27. The van der Waals surface area contributed by atoms with Gasteiger partial charge in [-0.2, -0.15) is 0 Å². The van der Waals surface area contributed by atoms with Gasteiger partial charge in [-0.15, -0.1) is 0 Å². The van der Waals surface area contributed by atoms with E-state index in [9.17, 15) is 13.2 Å². The van der Waals surface area contributed by atoms with Gasteiger partial charge >= 0.3 is 0 Å². The van der Waals surface area contributed by atoms with Gasteiger partial charge in [-0.25, -0.2) is 13.1 Å². The number of rotatable bonds is 5. The number of likely N-dealkylation sites (tertiary alicyclic amines) is 1. The van der Waals surface area contributed by atoms with Crippen molar-refractivity contribution < 1.29 is 13.2 Å². The first-order valence-electron chi connectivity index (χ1n) is 8.77. The van der Waals surface area contributed by atoms with Gasteiger partial charge in [0, 0.05) is 6.04 Å². The van der Waals surface area contributed by atoms with Gasteiger partial charge in [-0.05, 0) is 51.2 Å². The van der Waals surface area contributed by atoms with Crippen LogP contribution >= 0.6 is 0 Å². The molecule has 0 aromatic heterocycles. The molecule has 2 fully saturated rings. The molecule has 1 heterocycles. The average Bonchev–Trinajstić information content (AvgIpc) is 2.52. The summed E-state index contributed by atoms with van der Waals surface area (Å²) in [6, 6.07) is 0.286. The number of nitrogens with zero attached hydrogens (tertiary/aromatic N) is 1. The number of carbonyl (C=O) groups excluding carboxylic acids is 1. The lowest BCUT2D eigenvalue weighted by atomic mass is 9.78. The Morgan fingerprint density at radius 2 is 1.78 bits per heavy atom. The lowest BCUT2D eigenvalue weighted by Crippen LogP contribution is -2.49. The van der Waals surface area contributed by atoms with Crippen LogP contribution in [0.25, 0.3) is 0 Å². The van der Waals surface area contributed by atoms with Crippen molar-refractivity contribution in [2.24, 2.45) is 11.8 Å². The molecule has 2 aliphatic rings. The Hall–Kier alpha value is -0.660. The summed E-state index contributed by atoms with van der Waals surface area (Å²) in [5.41, 5.74) is 0. The highest BCUT2D eigenvalue weighted by Crippen LogP contribution is 2.29. The molecule has 23 heavy (non-hydrogen) atoms. The van der Waals surface area contributed by atoms with Crippen LogP contribution in [-0.2, 0) is 14.8 Å². The minimum Gasteiger partial charge on any atom is -0.352 e. The average molecular weight is 346 g/mol. The van der Waals surface area contributed by atoms with E-state index >= 15 is 0 Å². The monoisotopic (exact) mass is 345 g/mol. The van der Waals surface area contributed by atoms with Crippen molar-refractivity contribution in [3.05, 3.63) is 0 Å². The predicted octanol–water partition coefficient (Wildman–Crippen LogP) is 0.941. The molecule has 1 amide bonds. The molecule has 0 aromatic carbocycles. The molecule has 1 saturated heterocycles.